The number of benzene rings is 2. The molecule has 7 nitrogen and oxygen atoms in total. The molecule has 0 unspecified atom stereocenters. The number of aromatic nitrogens is 3. The lowest BCUT2D eigenvalue weighted by Crippen LogP contribution is -2.47. The summed E-state index contributed by atoms with van der Waals surface area (Å²) in [5.74, 6) is 1.25. The lowest BCUT2D eigenvalue weighted by molar-refractivity contribution is 0.178. The highest BCUT2D eigenvalue weighted by atomic mass is 16.5. The van der Waals surface area contributed by atoms with Crippen molar-refractivity contribution in [3.63, 3.8) is 0 Å². The van der Waals surface area contributed by atoms with Gasteiger partial charge >= 0.3 is 0 Å². The summed E-state index contributed by atoms with van der Waals surface area (Å²) in [6.45, 7) is 4.48. The summed E-state index contributed by atoms with van der Waals surface area (Å²) in [4.78, 5) is 16.0. The van der Waals surface area contributed by atoms with E-state index in [1.165, 1.54) is 0 Å². The molecule has 5 rings (SSSR count). The second-order valence-electron chi connectivity index (χ2n) is 8.03. The quantitative estimate of drug-likeness (QED) is 0.502. The molecule has 0 aliphatic carbocycles. The summed E-state index contributed by atoms with van der Waals surface area (Å²) in [6, 6.07) is 20.2. The zero-order valence-electron chi connectivity index (χ0n) is 18.1. The summed E-state index contributed by atoms with van der Waals surface area (Å²) in [5, 5.41) is 3.17. The molecule has 0 bridgehead atoms. The molecule has 4 aromatic rings. The maximum absolute atomic E-state index is 5.79. The van der Waals surface area contributed by atoms with E-state index in [9.17, 15) is 0 Å². The molecule has 0 radical (unpaired) electrons. The molecule has 1 fully saturated rings. The Bertz CT molecular complexity index is 1170. The van der Waals surface area contributed by atoms with E-state index in [0.717, 1.165) is 53.8 Å². The molecule has 1 aliphatic heterocycles. The van der Waals surface area contributed by atoms with Crippen LogP contribution in [0.5, 0.6) is 5.88 Å². The van der Waals surface area contributed by atoms with E-state index in [1.54, 1.807) is 0 Å². The van der Waals surface area contributed by atoms with E-state index in [0.29, 0.717) is 18.4 Å². The normalized spacial score (nSPS) is 15.0. The number of rotatable bonds is 6. The molecule has 0 atom stereocenters. The summed E-state index contributed by atoms with van der Waals surface area (Å²) in [6.07, 6.45) is 3.71. The Morgan fingerprint density at radius 3 is 2.47 bits per heavy atom. The van der Waals surface area contributed by atoms with Gasteiger partial charge in [-0.25, -0.2) is 20.0 Å². The zero-order chi connectivity index (χ0) is 21.8. The summed E-state index contributed by atoms with van der Waals surface area (Å²) >= 11 is 0. The van der Waals surface area contributed by atoms with Crippen molar-refractivity contribution < 1.29 is 4.74 Å². The van der Waals surface area contributed by atoms with Gasteiger partial charge in [0.05, 0.1) is 5.52 Å². The van der Waals surface area contributed by atoms with Gasteiger partial charge in [0, 0.05) is 55.6 Å². The van der Waals surface area contributed by atoms with E-state index in [4.69, 9.17) is 4.74 Å². The van der Waals surface area contributed by atoms with Crippen LogP contribution in [0, 0.1) is 0 Å². The Hall–Kier alpha value is -3.55. The third kappa shape index (κ3) is 4.85. The zero-order valence-corrected chi connectivity index (χ0v) is 18.1. The van der Waals surface area contributed by atoms with Crippen molar-refractivity contribution in [1.29, 1.82) is 0 Å². The number of fused-ring (bicyclic) bond motifs is 1. The molecule has 0 amide bonds. The predicted molar refractivity (Wildman–Crippen MR) is 126 cm³/mol. The van der Waals surface area contributed by atoms with Gasteiger partial charge in [0.1, 0.15) is 6.61 Å². The Morgan fingerprint density at radius 2 is 1.69 bits per heavy atom. The number of nitrogens with zero attached hydrogens (tertiary/aromatic N) is 5. The smallest absolute Gasteiger partial charge is 0.238 e. The van der Waals surface area contributed by atoms with Crippen molar-refractivity contribution in [2.45, 2.75) is 6.61 Å². The van der Waals surface area contributed by atoms with Crippen LogP contribution in [-0.4, -0.2) is 58.1 Å². The second kappa shape index (κ2) is 9.30. The fourth-order valence-corrected chi connectivity index (χ4v) is 3.69. The predicted octanol–water partition coefficient (Wildman–Crippen LogP) is 3.85. The Morgan fingerprint density at radius 1 is 0.875 bits per heavy atom. The molecule has 162 valence electrons. The number of pyridine rings is 1. The SMILES string of the molecule is CN1CCN(Nc2ncc3cc(-c4ccc(OCc5ccccc5)nc4)ccc3n2)CC1. The molecule has 1 N–H and O–H groups in total. The molecule has 1 aliphatic rings. The monoisotopic (exact) mass is 426 g/mol. The van der Waals surface area contributed by atoms with Gasteiger partial charge in [-0.1, -0.05) is 36.4 Å². The number of hydrogen-bond donors (Lipinski definition) is 1. The highest BCUT2D eigenvalue weighted by molar-refractivity contribution is 5.84. The van der Waals surface area contributed by atoms with Crippen LogP contribution >= 0.6 is 0 Å². The third-order valence-corrected chi connectivity index (χ3v) is 5.64. The molecule has 2 aromatic carbocycles. The molecule has 0 spiro atoms. The van der Waals surface area contributed by atoms with Gasteiger partial charge in [0.25, 0.3) is 0 Å². The fourth-order valence-electron chi connectivity index (χ4n) is 3.69. The van der Waals surface area contributed by atoms with Crippen LogP contribution in [0.1, 0.15) is 5.56 Å². The molecule has 32 heavy (non-hydrogen) atoms. The molecular weight excluding hydrogens is 400 g/mol. The third-order valence-electron chi connectivity index (χ3n) is 5.64. The van der Waals surface area contributed by atoms with Crippen LogP contribution in [0.3, 0.4) is 0 Å². The van der Waals surface area contributed by atoms with Gasteiger partial charge in [-0.15, -0.1) is 0 Å². The van der Waals surface area contributed by atoms with Gasteiger partial charge in [0.15, 0.2) is 0 Å². The Balaban J connectivity index is 1.26. The van der Waals surface area contributed by atoms with Crippen molar-refractivity contribution in [3.8, 4) is 17.0 Å². The maximum Gasteiger partial charge on any atom is 0.238 e. The highest BCUT2D eigenvalue weighted by Gasteiger charge is 2.14. The Kier molecular flexibility index (Phi) is 5.91. The summed E-state index contributed by atoms with van der Waals surface area (Å²) < 4.78 is 5.79. The molecular formula is C25H26N6O. The minimum Gasteiger partial charge on any atom is -0.473 e. The minimum absolute atomic E-state index is 0.505. The van der Waals surface area contributed by atoms with Crippen LogP contribution in [0.4, 0.5) is 5.95 Å². The first-order chi connectivity index (χ1) is 15.7. The van der Waals surface area contributed by atoms with Crippen LogP contribution in [0.15, 0.2) is 73.1 Å². The summed E-state index contributed by atoms with van der Waals surface area (Å²) in [5.41, 5.74) is 7.46. The number of piperazine rings is 1. The molecule has 1 saturated heterocycles. The molecule has 2 aromatic heterocycles. The first-order valence-electron chi connectivity index (χ1n) is 10.8. The van der Waals surface area contributed by atoms with Gasteiger partial charge in [0.2, 0.25) is 11.8 Å². The van der Waals surface area contributed by atoms with Gasteiger partial charge in [-0.2, -0.15) is 0 Å². The number of nitrogens with one attached hydrogen (secondary N) is 1. The standard InChI is InChI=1S/C25H26N6O/c1-30-11-13-31(14-12-30)29-25-27-17-22-15-20(7-9-23(22)28-25)21-8-10-24(26-16-21)32-18-19-5-3-2-4-6-19/h2-10,15-17H,11-14,18H2,1H3,(H,27,28,29). The first-order valence-corrected chi connectivity index (χ1v) is 10.8. The van der Waals surface area contributed by atoms with Crippen molar-refractivity contribution in [3.05, 3.63) is 78.6 Å². The van der Waals surface area contributed by atoms with Crippen molar-refractivity contribution in [2.75, 3.05) is 38.7 Å². The lowest BCUT2D eigenvalue weighted by atomic mass is 10.1. The fraction of sp³-hybridized carbons (Fsp3) is 0.240. The van der Waals surface area contributed by atoms with Crippen LogP contribution < -0.4 is 10.2 Å². The topological polar surface area (TPSA) is 66.4 Å². The largest absolute Gasteiger partial charge is 0.473 e. The van der Waals surface area contributed by atoms with Crippen LogP contribution in [0.25, 0.3) is 22.0 Å². The van der Waals surface area contributed by atoms with Gasteiger partial charge in [-0.05, 0) is 36.4 Å². The number of ether oxygens (including phenoxy) is 1. The highest BCUT2D eigenvalue weighted by Crippen LogP contribution is 2.25. The molecule has 3 heterocycles. The van der Waals surface area contributed by atoms with Crippen LogP contribution in [0.2, 0.25) is 0 Å². The molecule has 7 heteroatoms. The van der Waals surface area contributed by atoms with E-state index in [2.05, 4.69) is 49.5 Å². The van der Waals surface area contributed by atoms with E-state index < -0.39 is 0 Å². The average Bonchev–Trinajstić information content (AvgIpc) is 2.85. The minimum atomic E-state index is 0.505. The number of hydrazine groups is 1. The first kappa shape index (κ1) is 20.4. The lowest BCUT2D eigenvalue weighted by Gasteiger charge is -2.32. The number of hydrogen-bond acceptors (Lipinski definition) is 7. The number of anilines is 1. The van der Waals surface area contributed by atoms with Crippen molar-refractivity contribution in [2.24, 2.45) is 0 Å². The van der Waals surface area contributed by atoms with Crippen molar-refractivity contribution in [1.82, 2.24) is 24.9 Å². The second-order valence-corrected chi connectivity index (χ2v) is 8.03. The summed E-state index contributed by atoms with van der Waals surface area (Å²) in [7, 11) is 2.14. The van der Waals surface area contributed by atoms with E-state index in [1.807, 2.05) is 60.9 Å². The van der Waals surface area contributed by atoms with Crippen LogP contribution in [-0.2, 0) is 6.61 Å². The van der Waals surface area contributed by atoms with E-state index in [-0.39, 0.29) is 0 Å². The average molecular weight is 427 g/mol. The maximum atomic E-state index is 5.79. The van der Waals surface area contributed by atoms with Crippen molar-refractivity contribution >= 4 is 16.9 Å². The van der Waals surface area contributed by atoms with Gasteiger partial charge < -0.3 is 9.64 Å². The molecule has 0 saturated carbocycles. The van der Waals surface area contributed by atoms with Gasteiger partial charge in [-0.3, -0.25) is 5.43 Å². The van der Waals surface area contributed by atoms with E-state index >= 15 is 0 Å². The number of likely N-dealkylation sites (N-methyl/N-ethyl adjacent to an activating group) is 1. The Labute approximate surface area is 187 Å².